The molecule has 3 amide bonds. The van der Waals surface area contributed by atoms with Crippen molar-refractivity contribution < 1.29 is 14.3 Å². The number of rotatable bonds is 5. The van der Waals surface area contributed by atoms with Crippen molar-refractivity contribution in [2.45, 2.75) is 32.4 Å². The van der Waals surface area contributed by atoms with Crippen molar-refractivity contribution >= 4 is 11.9 Å². The van der Waals surface area contributed by atoms with Gasteiger partial charge >= 0.3 is 6.03 Å². The van der Waals surface area contributed by atoms with Crippen LogP contribution in [0, 0.1) is 11.3 Å². The molecule has 0 saturated carbocycles. The molecule has 0 bridgehead atoms. The van der Waals surface area contributed by atoms with Gasteiger partial charge in [0.05, 0.1) is 25.3 Å². The quantitative estimate of drug-likeness (QED) is 0.837. The lowest BCUT2D eigenvalue weighted by atomic mass is 10.1. The lowest BCUT2D eigenvalue weighted by molar-refractivity contribution is -0.128. The van der Waals surface area contributed by atoms with E-state index in [2.05, 4.69) is 5.32 Å². The standard InChI is InChI=1S/C15H17N3O3/c1-3-4-12-14(19)18(15(20)17-12)9-11-7-10(8-16)5-6-13(11)21-2/h5-7,12H,3-4,9H2,1-2H3,(H,17,20). The van der Waals surface area contributed by atoms with Gasteiger partial charge in [0, 0.05) is 5.56 Å². The fraction of sp³-hybridized carbons (Fsp3) is 0.400. The molecule has 0 radical (unpaired) electrons. The van der Waals surface area contributed by atoms with Gasteiger partial charge in [0.2, 0.25) is 0 Å². The third-order valence-corrected chi connectivity index (χ3v) is 3.42. The highest BCUT2D eigenvalue weighted by molar-refractivity contribution is 6.04. The fourth-order valence-electron chi connectivity index (χ4n) is 2.35. The van der Waals surface area contributed by atoms with Gasteiger partial charge < -0.3 is 10.1 Å². The minimum Gasteiger partial charge on any atom is -0.496 e. The number of nitrogens with zero attached hydrogens (tertiary/aromatic N) is 2. The molecule has 6 heteroatoms. The van der Waals surface area contributed by atoms with E-state index in [9.17, 15) is 9.59 Å². The fourth-order valence-corrected chi connectivity index (χ4v) is 2.35. The van der Waals surface area contributed by atoms with Gasteiger partial charge in [0.15, 0.2) is 0 Å². The molecule has 1 aromatic rings. The summed E-state index contributed by atoms with van der Waals surface area (Å²) < 4.78 is 5.22. The number of urea groups is 1. The van der Waals surface area contributed by atoms with Crippen molar-refractivity contribution in [3.05, 3.63) is 29.3 Å². The number of ether oxygens (including phenoxy) is 1. The van der Waals surface area contributed by atoms with Crippen LogP contribution in [0.15, 0.2) is 18.2 Å². The average Bonchev–Trinajstić information content (AvgIpc) is 2.75. The Morgan fingerprint density at radius 2 is 2.19 bits per heavy atom. The number of hydrogen-bond donors (Lipinski definition) is 1. The number of benzene rings is 1. The summed E-state index contributed by atoms with van der Waals surface area (Å²) in [6.45, 7) is 2.06. The van der Waals surface area contributed by atoms with Gasteiger partial charge in [-0.25, -0.2) is 4.79 Å². The first-order valence-corrected chi connectivity index (χ1v) is 6.79. The molecule has 0 aromatic heterocycles. The number of carbonyl (C=O) groups is 2. The Morgan fingerprint density at radius 1 is 1.43 bits per heavy atom. The summed E-state index contributed by atoms with van der Waals surface area (Å²) in [5.74, 6) is 0.319. The predicted molar refractivity (Wildman–Crippen MR) is 75.5 cm³/mol. The van der Waals surface area contributed by atoms with Crippen LogP contribution in [-0.4, -0.2) is 30.0 Å². The summed E-state index contributed by atoms with van der Waals surface area (Å²) >= 11 is 0. The van der Waals surface area contributed by atoms with Crippen molar-refractivity contribution in [3.8, 4) is 11.8 Å². The highest BCUT2D eigenvalue weighted by Gasteiger charge is 2.37. The third-order valence-electron chi connectivity index (χ3n) is 3.42. The van der Waals surface area contributed by atoms with Gasteiger partial charge in [-0.2, -0.15) is 5.26 Å². The zero-order valence-corrected chi connectivity index (χ0v) is 12.0. The van der Waals surface area contributed by atoms with Gasteiger partial charge in [-0.3, -0.25) is 9.69 Å². The van der Waals surface area contributed by atoms with E-state index in [0.717, 1.165) is 6.42 Å². The highest BCUT2D eigenvalue weighted by atomic mass is 16.5. The first kappa shape index (κ1) is 14.9. The Morgan fingerprint density at radius 3 is 2.81 bits per heavy atom. The summed E-state index contributed by atoms with van der Waals surface area (Å²) in [4.78, 5) is 25.3. The first-order chi connectivity index (χ1) is 10.1. The molecule has 1 aliphatic rings. The number of amides is 3. The van der Waals surface area contributed by atoms with Crippen LogP contribution in [0.1, 0.15) is 30.9 Å². The Hall–Kier alpha value is -2.55. The zero-order chi connectivity index (χ0) is 15.4. The maximum atomic E-state index is 12.2. The van der Waals surface area contributed by atoms with Gasteiger partial charge in [0.1, 0.15) is 11.8 Å². The van der Waals surface area contributed by atoms with E-state index in [1.54, 1.807) is 18.2 Å². The second kappa shape index (κ2) is 6.27. The van der Waals surface area contributed by atoms with Crippen molar-refractivity contribution in [2.24, 2.45) is 0 Å². The number of nitrogens with one attached hydrogen (secondary N) is 1. The minimum absolute atomic E-state index is 0.101. The van der Waals surface area contributed by atoms with Crippen LogP contribution >= 0.6 is 0 Å². The smallest absolute Gasteiger partial charge is 0.325 e. The van der Waals surface area contributed by atoms with E-state index in [0.29, 0.717) is 23.3 Å². The SMILES string of the molecule is CCCC1NC(=O)N(Cc2cc(C#N)ccc2OC)C1=O. The first-order valence-electron chi connectivity index (χ1n) is 6.79. The Bertz CT molecular complexity index is 607. The molecule has 1 fully saturated rings. The van der Waals surface area contributed by atoms with E-state index < -0.39 is 12.1 Å². The molecule has 1 aliphatic heterocycles. The summed E-state index contributed by atoms with van der Waals surface area (Å²) in [5, 5.41) is 11.6. The van der Waals surface area contributed by atoms with E-state index in [-0.39, 0.29) is 12.5 Å². The summed E-state index contributed by atoms with van der Waals surface area (Å²) in [7, 11) is 1.51. The minimum atomic E-state index is -0.451. The molecular formula is C15H17N3O3. The van der Waals surface area contributed by atoms with E-state index in [4.69, 9.17) is 10.00 Å². The zero-order valence-electron chi connectivity index (χ0n) is 12.0. The van der Waals surface area contributed by atoms with Crippen LogP contribution in [0.4, 0.5) is 4.79 Å². The summed E-state index contributed by atoms with van der Waals surface area (Å²) in [6, 6.07) is 6.11. The molecule has 0 spiro atoms. The van der Waals surface area contributed by atoms with Crippen LogP contribution in [0.2, 0.25) is 0 Å². The monoisotopic (exact) mass is 287 g/mol. The second-order valence-electron chi connectivity index (χ2n) is 4.85. The van der Waals surface area contributed by atoms with Crippen molar-refractivity contribution in [2.75, 3.05) is 7.11 Å². The van der Waals surface area contributed by atoms with Gasteiger partial charge in [-0.05, 0) is 24.6 Å². The Balaban J connectivity index is 2.23. The lowest BCUT2D eigenvalue weighted by Crippen LogP contribution is -2.31. The molecule has 2 rings (SSSR count). The normalized spacial score (nSPS) is 17.6. The average molecular weight is 287 g/mol. The topological polar surface area (TPSA) is 82.4 Å². The molecule has 1 aromatic carbocycles. The van der Waals surface area contributed by atoms with Crippen LogP contribution < -0.4 is 10.1 Å². The molecule has 0 aliphatic carbocycles. The number of imide groups is 1. The molecule has 1 N–H and O–H groups in total. The Labute approximate surface area is 123 Å². The second-order valence-corrected chi connectivity index (χ2v) is 4.85. The lowest BCUT2D eigenvalue weighted by Gasteiger charge is -2.15. The van der Waals surface area contributed by atoms with Gasteiger partial charge in [0.25, 0.3) is 5.91 Å². The van der Waals surface area contributed by atoms with Crippen LogP contribution in [0.5, 0.6) is 5.75 Å². The molecule has 6 nitrogen and oxygen atoms in total. The maximum absolute atomic E-state index is 12.2. The highest BCUT2D eigenvalue weighted by Crippen LogP contribution is 2.23. The molecule has 1 heterocycles. The maximum Gasteiger partial charge on any atom is 0.325 e. The van der Waals surface area contributed by atoms with Gasteiger partial charge in [-0.15, -0.1) is 0 Å². The summed E-state index contributed by atoms with van der Waals surface area (Å²) in [5.41, 5.74) is 1.10. The molecule has 21 heavy (non-hydrogen) atoms. The summed E-state index contributed by atoms with van der Waals surface area (Å²) in [6.07, 6.45) is 1.44. The van der Waals surface area contributed by atoms with Crippen LogP contribution in [-0.2, 0) is 11.3 Å². The number of hydrogen-bond acceptors (Lipinski definition) is 4. The van der Waals surface area contributed by atoms with Crippen molar-refractivity contribution in [3.63, 3.8) is 0 Å². The number of carbonyl (C=O) groups excluding carboxylic acids is 2. The molecule has 1 saturated heterocycles. The molecular weight excluding hydrogens is 270 g/mol. The molecule has 110 valence electrons. The largest absolute Gasteiger partial charge is 0.496 e. The van der Waals surface area contributed by atoms with Crippen LogP contribution in [0.25, 0.3) is 0 Å². The molecule has 1 atom stereocenters. The van der Waals surface area contributed by atoms with E-state index in [1.165, 1.54) is 12.0 Å². The van der Waals surface area contributed by atoms with E-state index in [1.807, 2.05) is 13.0 Å². The van der Waals surface area contributed by atoms with Crippen molar-refractivity contribution in [1.82, 2.24) is 10.2 Å². The van der Waals surface area contributed by atoms with Crippen molar-refractivity contribution in [1.29, 1.82) is 5.26 Å². The predicted octanol–water partition coefficient (Wildman–Crippen LogP) is 1.79. The van der Waals surface area contributed by atoms with Gasteiger partial charge in [-0.1, -0.05) is 13.3 Å². The number of methoxy groups -OCH3 is 1. The third kappa shape index (κ3) is 2.97. The molecule has 1 unspecified atom stereocenters. The van der Waals surface area contributed by atoms with E-state index >= 15 is 0 Å². The Kier molecular flexibility index (Phi) is 4.43. The number of nitriles is 1. The van der Waals surface area contributed by atoms with Crippen LogP contribution in [0.3, 0.4) is 0 Å².